The van der Waals surface area contributed by atoms with E-state index in [-0.39, 0.29) is 11.2 Å². The zero-order valence-electron chi connectivity index (χ0n) is 18.1. The summed E-state index contributed by atoms with van der Waals surface area (Å²) in [5.74, 6) is -0.0434. The third kappa shape index (κ3) is 18.1. The lowest BCUT2D eigenvalue weighted by Crippen LogP contribution is -2.09. The van der Waals surface area contributed by atoms with Gasteiger partial charge in [0.1, 0.15) is 0 Å². The lowest BCUT2D eigenvalue weighted by molar-refractivity contribution is -0.114. The molecule has 1 nitrogen and oxygen atoms in total. The van der Waals surface area contributed by atoms with Gasteiger partial charge in [-0.3, -0.25) is 4.79 Å². The van der Waals surface area contributed by atoms with Gasteiger partial charge in [-0.1, -0.05) is 95.6 Å². The van der Waals surface area contributed by atoms with Crippen LogP contribution in [-0.2, 0) is 4.79 Å². The van der Waals surface area contributed by atoms with E-state index >= 15 is 0 Å². The fourth-order valence-corrected chi connectivity index (χ4v) is 2.86. The van der Waals surface area contributed by atoms with Crippen molar-refractivity contribution in [3.63, 3.8) is 0 Å². The predicted molar refractivity (Wildman–Crippen MR) is 122 cm³/mol. The van der Waals surface area contributed by atoms with E-state index in [4.69, 9.17) is 11.6 Å². The monoisotopic (exact) mass is 392 g/mol. The van der Waals surface area contributed by atoms with Crippen LogP contribution in [0.4, 0.5) is 0 Å². The molecule has 2 heteroatoms. The molecule has 0 aromatic heterocycles. The van der Waals surface area contributed by atoms with Crippen LogP contribution in [0.2, 0.25) is 0 Å². The maximum Gasteiger partial charge on any atom is 0.224 e. The number of rotatable bonds is 16. The molecule has 1 unspecified atom stereocenters. The van der Waals surface area contributed by atoms with E-state index in [1.54, 1.807) is 0 Å². The van der Waals surface area contributed by atoms with E-state index in [2.05, 4.69) is 69.4 Å². The Labute approximate surface area is 173 Å². The Bertz CT molecular complexity index is 483. The van der Waals surface area contributed by atoms with Crippen molar-refractivity contribution in [1.82, 2.24) is 0 Å². The van der Waals surface area contributed by atoms with Crippen LogP contribution in [0, 0.1) is 11.3 Å². The molecule has 1 atom stereocenters. The summed E-state index contributed by atoms with van der Waals surface area (Å²) >= 11 is 5.44. The number of hydrogen-bond acceptors (Lipinski definition) is 1. The standard InChI is InChI=1S/C25H41ClO/c1-5-6-18-21-25(3,4)22-19-16-14-12-10-8-7-9-11-13-15-17-20-23(2)24(26)27/h7,9-10,12-13,15-16,19,23H,5-6,8,11,14,17-18,20-22H2,1-4H3/b9-7-,12-10-,15-13-,19-16-. The Morgan fingerprint density at radius 3 is 1.93 bits per heavy atom. The second-order valence-corrected chi connectivity index (χ2v) is 8.57. The van der Waals surface area contributed by atoms with Crippen LogP contribution >= 0.6 is 11.6 Å². The highest BCUT2D eigenvalue weighted by molar-refractivity contribution is 6.63. The van der Waals surface area contributed by atoms with E-state index in [0.29, 0.717) is 5.41 Å². The summed E-state index contributed by atoms with van der Waals surface area (Å²) in [6.45, 7) is 8.89. The van der Waals surface area contributed by atoms with Gasteiger partial charge in [-0.25, -0.2) is 0 Å². The lowest BCUT2D eigenvalue weighted by Gasteiger charge is -2.22. The average Bonchev–Trinajstić information content (AvgIpc) is 2.61. The first-order valence-electron chi connectivity index (χ1n) is 10.7. The molecule has 0 aliphatic carbocycles. The minimum atomic E-state index is -0.236. The topological polar surface area (TPSA) is 17.1 Å². The minimum absolute atomic E-state index is 0.0434. The first-order chi connectivity index (χ1) is 12.9. The molecule has 0 fully saturated rings. The number of hydrogen-bond donors (Lipinski definition) is 0. The van der Waals surface area contributed by atoms with Gasteiger partial charge in [0.15, 0.2) is 0 Å². The summed E-state index contributed by atoms with van der Waals surface area (Å²) in [5.41, 5.74) is 0.434. The second kappa shape index (κ2) is 17.0. The molecule has 0 saturated carbocycles. The van der Waals surface area contributed by atoms with Gasteiger partial charge in [-0.05, 0) is 62.0 Å². The van der Waals surface area contributed by atoms with Crippen LogP contribution in [0.5, 0.6) is 0 Å². The van der Waals surface area contributed by atoms with Crippen molar-refractivity contribution in [1.29, 1.82) is 0 Å². The first-order valence-corrected chi connectivity index (χ1v) is 11.1. The third-order valence-electron chi connectivity index (χ3n) is 4.76. The van der Waals surface area contributed by atoms with Crippen LogP contribution in [0.15, 0.2) is 48.6 Å². The van der Waals surface area contributed by atoms with Crippen molar-refractivity contribution in [3.8, 4) is 0 Å². The number of carbonyl (C=O) groups excluding carboxylic acids is 1. The van der Waals surface area contributed by atoms with Crippen LogP contribution in [0.1, 0.15) is 91.9 Å². The summed E-state index contributed by atoms with van der Waals surface area (Å²) in [4.78, 5) is 10.9. The van der Waals surface area contributed by atoms with E-state index < -0.39 is 0 Å². The second-order valence-electron chi connectivity index (χ2n) is 8.20. The van der Waals surface area contributed by atoms with Crippen LogP contribution in [0.3, 0.4) is 0 Å². The molecule has 0 radical (unpaired) electrons. The van der Waals surface area contributed by atoms with Gasteiger partial charge in [0, 0.05) is 5.92 Å². The van der Waals surface area contributed by atoms with Gasteiger partial charge in [0.05, 0.1) is 0 Å². The van der Waals surface area contributed by atoms with Gasteiger partial charge in [0.25, 0.3) is 0 Å². The van der Waals surface area contributed by atoms with Gasteiger partial charge < -0.3 is 0 Å². The molecule has 27 heavy (non-hydrogen) atoms. The Morgan fingerprint density at radius 2 is 1.41 bits per heavy atom. The molecule has 0 rings (SSSR count). The van der Waals surface area contributed by atoms with Gasteiger partial charge in [-0.15, -0.1) is 0 Å². The van der Waals surface area contributed by atoms with Crippen LogP contribution in [-0.4, -0.2) is 5.24 Å². The molecular formula is C25H41ClO. The van der Waals surface area contributed by atoms with E-state index in [9.17, 15) is 4.79 Å². The molecule has 0 spiro atoms. The predicted octanol–water partition coefficient (Wildman–Crippen LogP) is 8.56. The summed E-state index contributed by atoms with van der Waals surface area (Å²) in [7, 11) is 0. The molecule has 0 aromatic carbocycles. The van der Waals surface area contributed by atoms with Crippen LogP contribution < -0.4 is 0 Å². The normalized spacial score (nSPS) is 14.3. The molecule has 0 aliphatic rings. The van der Waals surface area contributed by atoms with Crippen molar-refractivity contribution >= 4 is 16.8 Å². The highest BCUT2D eigenvalue weighted by Gasteiger charge is 2.14. The number of halogens is 1. The Hall–Kier alpha value is -1.08. The maximum atomic E-state index is 10.9. The zero-order valence-corrected chi connectivity index (χ0v) is 18.8. The number of allylic oxidation sites excluding steroid dienone is 8. The van der Waals surface area contributed by atoms with Crippen LogP contribution in [0.25, 0.3) is 0 Å². The Kier molecular flexibility index (Phi) is 16.4. The van der Waals surface area contributed by atoms with E-state index in [1.165, 1.54) is 32.1 Å². The summed E-state index contributed by atoms with van der Waals surface area (Å²) in [5, 5.41) is -0.236. The maximum absolute atomic E-state index is 10.9. The van der Waals surface area contributed by atoms with Crippen molar-refractivity contribution in [3.05, 3.63) is 48.6 Å². The summed E-state index contributed by atoms with van der Waals surface area (Å²) in [6.07, 6.45) is 29.0. The SMILES string of the molecule is CCCCCC(C)(C)C/C=C\C/C=C\C/C=C\C/C=C\CCC(C)C(=O)Cl. The molecule has 0 saturated heterocycles. The molecule has 0 heterocycles. The highest BCUT2D eigenvalue weighted by Crippen LogP contribution is 2.28. The molecule has 0 amide bonds. The Balaban J connectivity index is 3.71. The fourth-order valence-electron chi connectivity index (χ4n) is 2.75. The van der Waals surface area contributed by atoms with Gasteiger partial charge in [-0.2, -0.15) is 0 Å². The number of unbranched alkanes of at least 4 members (excludes halogenated alkanes) is 2. The summed E-state index contributed by atoms with van der Waals surface area (Å²) in [6, 6.07) is 0. The van der Waals surface area contributed by atoms with Crippen molar-refractivity contribution in [2.75, 3.05) is 0 Å². The zero-order chi connectivity index (χ0) is 20.4. The Morgan fingerprint density at radius 1 is 0.889 bits per heavy atom. The average molecular weight is 393 g/mol. The molecule has 154 valence electrons. The fraction of sp³-hybridized carbons (Fsp3) is 0.640. The molecule has 0 N–H and O–H groups in total. The van der Waals surface area contributed by atoms with Crippen molar-refractivity contribution in [2.45, 2.75) is 91.9 Å². The van der Waals surface area contributed by atoms with E-state index in [0.717, 1.165) is 32.1 Å². The molecule has 0 aromatic rings. The van der Waals surface area contributed by atoms with E-state index in [1.807, 2.05) is 6.92 Å². The van der Waals surface area contributed by atoms with Crippen molar-refractivity contribution < 1.29 is 4.79 Å². The third-order valence-corrected chi connectivity index (χ3v) is 5.14. The summed E-state index contributed by atoms with van der Waals surface area (Å²) < 4.78 is 0. The highest BCUT2D eigenvalue weighted by atomic mass is 35.5. The van der Waals surface area contributed by atoms with Gasteiger partial charge in [0.2, 0.25) is 5.24 Å². The molecule has 0 bridgehead atoms. The smallest absolute Gasteiger partial charge is 0.224 e. The first kappa shape index (κ1) is 25.9. The van der Waals surface area contributed by atoms with Crippen molar-refractivity contribution in [2.24, 2.45) is 11.3 Å². The minimum Gasteiger partial charge on any atom is -0.281 e. The molecular weight excluding hydrogens is 352 g/mol. The lowest BCUT2D eigenvalue weighted by atomic mass is 9.83. The largest absolute Gasteiger partial charge is 0.281 e. The van der Waals surface area contributed by atoms with Gasteiger partial charge >= 0.3 is 0 Å². The molecule has 0 aliphatic heterocycles. The number of carbonyl (C=O) groups is 1. The quantitative estimate of drug-likeness (QED) is 0.146.